The lowest BCUT2D eigenvalue weighted by molar-refractivity contribution is 0.0690. The van der Waals surface area contributed by atoms with Crippen LogP contribution in [0.1, 0.15) is 58.7 Å². The molecule has 41 heavy (non-hydrogen) atoms. The molecule has 0 bridgehead atoms. The van der Waals surface area contributed by atoms with Gasteiger partial charge in [0.1, 0.15) is 0 Å². The SMILES string of the molecule is CCN1CCN(c2cccc3c2CN([C@H](CCCSc2nc(C)cc(C)n2)c2ccc(OC)c(OC)c2)C3=O)CC1. The summed E-state index contributed by atoms with van der Waals surface area (Å²) in [6.45, 7) is 12.0. The molecule has 0 aliphatic carbocycles. The highest BCUT2D eigenvalue weighted by Gasteiger charge is 2.36. The van der Waals surface area contributed by atoms with E-state index in [4.69, 9.17) is 9.47 Å². The Morgan fingerprint density at radius 1 is 0.951 bits per heavy atom. The number of amides is 1. The van der Waals surface area contributed by atoms with Gasteiger partial charge in [-0.3, -0.25) is 4.79 Å². The van der Waals surface area contributed by atoms with Gasteiger partial charge in [-0.1, -0.05) is 30.8 Å². The van der Waals surface area contributed by atoms with Crippen LogP contribution in [-0.4, -0.2) is 78.4 Å². The second-order valence-electron chi connectivity index (χ2n) is 10.7. The molecular weight excluding hydrogens is 534 g/mol. The number of carbonyl (C=O) groups is 1. The Morgan fingerprint density at radius 3 is 2.37 bits per heavy atom. The van der Waals surface area contributed by atoms with Crippen LogP contribution in [0.3, 0.4) is 0 Å². The molecule has 1 fully saturated rings. The average molecular weight is 576 g/mol. The molecule has 0 N–H and O–H groups in total. The molecule has 9 heteroatoms. The predicted molar refractivity (Wildman–Crippen MR) is 164 cm³/mol. The number of hydrogen-bond donors (Lipinski definition) is 0. The van der Waals surface area contributed by atoms with E-state index >= 15 is 0 Å². The number of anilines is 1. The highest BCUT2D eigenvalue weighted by Crippen LogP contribution is 2.40. The zero-order chi connectivity index (χ0) is 28.9. The van der Waals surface area contributed by atoms with Crippen LogP contribution in [-0.2, 0) is 6.54 Å². The Balaban J connectivity index is 1.38. The van der Waals surface area contributed by atoms with Gasteiger partial charge in [0.25, 0.3) is 5.91 Å². The number of fused-ring (bicyclic) bond motifs is 1. The van der Waals surface area contributed by atoms with Crippen molar-refractivity contribution in [2.75, 3.05) is 57.6 Å². The van der Waals surface area contributed by atoms with Crippen LogP contribution in [0.4, 0.5) is 5.69 Å². The molecule has 3 heterocycles. The summed E-state index contributed by atoms with van der Waals surface area (Å²) >= 11 is 1.67. The molecule has 218 valence electrons. The summed E-state index contributed by atoms with van der Waals surface area (Å²) < 4.78 is 11.1. The molecule has 0 radical (unpaired) electrons. The number of benzene rings is 2. The number of carbonyl (C=O) groups excluding carboxylic acids is 1. The Morgan fingerprint density at radius 2 is 1.68 bits per heavy atom. The van der Waals surface area contributed by atoms with E-state index < -0.39 is 0 Å². The minimum Gasteiger partial charge on any atom is -0.493 e. The molecule has 0 unspecified atom stereocenters. The van der Waals surface area contributed by atoms with Gasteiger partial charge >= 0.3 is 0 Å². The maximum atomic E-state index is 14.0. The number of hydrogen-bond acceptors (Lipinski definition) is 8. The highest BCUT2D eigenvalue weighted by atomic mass is 32.2. The lowest BCUT2D eigenvalue weighted by atomic mass is 10.00. The zero-order valence-electron chi connectivity index (χ0n) is 24.9. The molecule has 0 saturated carbocycles. The van der Waals surface area contributed by atoms with Crippen LogP contribution in [0.5, 0.6) is 11.5 Å². The third-order valence-corrected chi connectivity index (χ3v) is 9.05. The van der Waals surface area contributed by atoms with E-state index in [0.717, 1.165) is 84.6 Å². The molecule has 8 nitrogen and oxygen atoms in total. The van der Waals surface area contributed by atoms with Gasteiger partial charge in [-0.25, -0.2) is 9.97 Å². The fourth-order valence-corrected chi connectivity index (χ4v) is 6.86. The molecule has 0 spiro atoms. The minimum atomic E-state index is -0.0970. The maximum Gasteiger partial charge on any atom is 0.255 e. The van der Waals surface area contributed by atoms with Gasteiger partial charge in [0.15, 0.2) is 16.7 Å². The molecule has 2 aliphatic heterocycles. The number of ether oxygens (including phenoxy) is 2. The normalized spacial score (nSPS) is 16.2. The number of methoxy groups -OCH3 is 2. The molecule has 1 saturated heterocycles. The van der Waals surface area contributed by atoms with Crippen LogP contribution in [0.2, 0.25) is 0 Å². The third kappa shape index (κ3) is 6.46. The van der Waals surface area contributed by atoms with Crippen molar-refractivity contribution in [1.29, 1.82) is 0 Å². The molecular formula is C32H41N5O3S. The van der Waals surface area contributed by atoms with E-state index in [2.05, 4.69) is 43.7 Å². The minimum absolute atomic E-state index is 0.0964. The van der Waals surface area contributed by atoms with Crippen molar-refractivity contribution in [3.8, 4) is 11.5 Å². The zero-order valence-corrected chi connectivity index (χ0v) is 25.7. The van der Waals surface area contributed by atoms with Gasteiger partial charge in [-0.15, -0.1) is 0 Å². The largest absolute Gasteiger partial charge is 0.493 e. The molecule has 2 aromatic carbocycles. The van der Waals surface area contributed by atoms with E-state index in [-0.39, 0.29) is 11.9 Å². The average Bonchev–Trinajstić information content (AvgIpc) is 3.32. The number of aryl methyl sites for hydroxylation is 2. The molecule has 1 atom stereocenters. The number of thioether (sulfide) groups is 1. The summed E-state index contributed by atoms with van der Waals surface area (Å²) in [7, 11) is 3.29. The molecule has 1 amide bonds. The van der Waals surface area contributed by atoms with E-state index in [0.29, 0.717) is 18.0 Å². The van der Waals surface area contributed by atoms with Crippen molar-refractivity contribution in [1.82, 2.24) is 19.8 Å². The Kier molecular flexibility index (Phi) is 9.35. The van der Waals surface area contributed by atoms with Crippen molar-refractivity contribution in [2.45, 2.75) is 51.4 Å². The molecule has 3 aromatic rings. The Bertz CT molecular complexity index is 1360. The summed E-state index contributed by atoms with van der Waals surface area (Å²) in [6, 6.07) is 14.1. The first-order valence-corrected chi connectivity index (χ1v) is 15.5. The van der Waals surface area contributed by atoms with Crippen LogP contribution in [0.25, 0.3) is 0 Å². The summed E-state index contributed by atoms with van der Waals surface area (Å²) in [4.78, 5) is 30.1. The van der Waals surface area contributed by atoms with E-state index in [1.807, 2.05) is 44.2 Å². The number of aromatic nitrogens is 2. The van der Waals surface area contributed by atoms with Crippen LogP contribution in [0, 0.1) is 13.8 Å². The topological polar surface area (TPSA) is 71.0 Å². The summed E-state index contributed by atoms with van der Waals surface area (Å²) in [5, 5.41) is 0.808. The van der Waals surface area contributed by atoms with Crippen LogP contribution >= 0.6 is 11.8 Å². The number of likely N-dealkylation sites (N-methyl/N-ethyl adjacent to an activating group) is 1. The first kappa shape index (κ1) is 29.2. The third-order valence-electron chi connectivity index (χ3n) is 8.11. The fraction of sp³-hybridized carbons (Fsp3) is 0.469. The second-order valence-corrected chi connectivity index (χ2v) is 11.8. The Labute approximate surface area is 248 Å². The standard InChI is InChI=1S/C32H41N5O3S/c1-6-35-14-16-36(17-15-35)28-10-7-9-25-26(28)21-37(31(25)38)27(24-12-13-29(39-4)30(20-24)40-5)11-8-18-41-32-33-22(2)19-23(3)34-32/h7,9-10,12-13,19-20,27H,6,8,11,14-18,21H2,1-5H3/t27-/m1/s1. The first-order valence-electron chi connectivity index (χ1n) is 14.5. The van der Waals surface area contributed by atoms with Gasteiger partial charge in [0.2, 0.25) is 0 Å². The summed E-state index contributed by atoms with van der Waals surface area (Å²) in [6.07, 6.45) is 1.73. The lowest BCUT2D eigenvalue weighted by Gasteiger charge is -2.36. The van der Waals surface area contributed by atoms with Gasteiger partial charge in [-0.2, -0.15) is 0 Å². The number of rotatable bonds is 11. The van der Waals surface area contributed by atoms with Crippen LogP contribution < -0.4 is 14.4 Å². The summed E-state index contributed by atoms with van der Waals surface area (Å²) in [5.41, 5.74) is 6.18. The summed E-state index contributed by atoms with van der Waals surface area (Å²) in [5.74, 6) is 2.32. The molecule has 5 rings (SSSR count). The lowest BCUT2D eigenvalue weighted by Crippen LogP contribution is -2.46. The maximum absolute atomic E-state index is 14.0. The van der Waals surface area contributed by atoms with Crippen molar-refractivity contribution in [3.63, 3.8) is 0 Å². The number of piperazine rings is 1. The predicted octanol–water partition coefficient (Wildman–Crippen LogP) is 5.52. The van der Waals surface area contributed by atoms with Gasteiger partial charge < -0.3 is 24.2 Å². The van der Waals surface area contributed by atoms with Crippen molar-refractivity contribution < 1.29 is 14.3 Å². The Hall–Kier alpha value is -3.30. The van der Waals surface area contributed by atoms with Crippen molar-refractivity contribution in [2.24, 2.45) is 0 Å². The first-order chi connectivity index (χ1) is 19.9. The monoisotopic (exact) mass is 575 g/mol. The van der Waals surface area contributed by atoms with Gasteiger partial charge in [0.05, 0.1) is 20.3 Å². The number of nitrogens with zero attached hydrogens (tertiary/aromatic N) is 5. The van der Waals surface area contributed by atoms with E-state index in [1.54, 1.807) is 26.0 Å². The molecule has 2 aliphatic rings. The van der Waals surface area contributed by atoms with Crippen LogP contribution in [0.15, 0.2) is 47.6 Å². The van der Waals surface area contributed by atoms with E-state index in [1.165, 1.54) is 5.69 Å². The fourth-order valence-electron chi connectivity index (χ4n) is 5.95. The second kappa shape index (κ2) is 13.1. The molecule has 1 aromatic heterocycles. The highest BCUT2D eigenvalue weighted by molar-refractivity contribution is 7.99. The van der Waals surface area contributed by atoms with Crippen molar-refractivity contribution >= 4 is 23.4 Å². The van der Waals surface area contributed by atoms with Crippen molar-refractivity contribution in [3.05, 3.63) is 70.5 Å². The smallest absolute Gasteiger partial charge is 0.255 e. The van der Waals surface area contributed by atoms with Gasteiger partial charge in [-0.05, 0) is 69.1 Å². The van der Waals surface area contributed by atoms with E-state index in [9.17, 15) is 4.79 Å². The quantitative estimate of drug-likeness (QED) is 0.168. The van der Waals surface area contributed by atoms with Gasteiger partial charge in [0, 0.05) is 66.7 Å².